The van der Waals surface area contributed by atoms with Gasteiger partial charge in [-0.25, -0.2) is 8.42 Å². The Labute approximate surface area is 187 Å². The van der Waals surface area contributed by atoms with E-state index in [4.69, 9.17) is 0 Å². The first-order chi connectivity index (χ1) is 12.8. The van der Waals surface area contributed by atoms with Gasteiger partial charge in [-0.2, -0.15) is 10.5 Å². The lowest BCUT2D eigenvalue weighted by molar-refractivity contribution is 0.573. The summed E-state index contributed by atoms with van der Waals surface area (Å²) in [4.78, 5) is 0. The normalized spacial score (nSPS) is 13.3. The second-order valence-corrected chi connectivity index (χ2v) is 11.0. The predicted octanol–water partition coefficient (Wildman–Crippen LogP) is 4.38. The van der Waals surface area contributed by atoms with Gasteiger partial charge >= 0.3 is 0 Å². The Morgan fingerprint density at radius 3 is 1.56 bits per heavy atom. The Morgan fingerprint density at radius 2 is 1.22 bits per heavy atom. The molecule has 0 aliphatic heterocycles. The molecule has 0 saturated heterocycles. The number of hydrogen-bond acceptors (Lipinski definition) is 4. The molecule has 2 aromatic carbocycles. The van der Waals surface area contributed by atoms with Crippen molar-refractivity contribution in [3.8, 4) is 12.1 Å². The summed E-state index contributed by atoms with van der Waals surface area (Å²) < 4.78 is 27.3. The lowest BCUT2D eigenvalue weighted by Gasteiger charge is -2.13. The number of rotatable bonds is 8. The lowest BCUT2D eigenvalue weighted by atomic mass is 10.0. The van der Waals surface area contributed by atoms with E-state index in [1.165, 1.54) is 0 Å². The number of benzene rings is 2. The van der Waals surface area contributed by atoms with E-state index in [1.54, 1.807) is 0 Å². The Bertz CT molecular complexity index is 904. The molecule has 7 heteroatoms. The van der Waals surface area contributed by atoms with Gasteiger partial charge in [0.05, 0.1) is 35.5 Å². The van der Waals surface area contributed by atoms with Gasteiger partial charge in [0.1, 0.15) is 0 Å². The molecule has 0 radical (unpaired) electrons. The SMILES string of the molecule is N#CC(Cc1cccc(I)c1)CS(=O)(=O)CC(C#N)Cc1cccc(I)c1. The zero-order valence-corrected chi connectivity index (χ0v) is 19.6. The van der Waals surface area contributed by atoms with Crippen molar-refractivity contribution < 1.29 is 8.42 Å². The van der Waals surface area contributed by atoms with Crippen LogP contribution in [0.2, 0.25) is 0 Å². The van der Waals surface area contributed by atoms with Gasteiger partial charge in [-0.05, 0) is 93.4 Å². The van der Waals surface area contributed by atoms with Crippen LogP contribution in [0, 0.1) is 41.6 Å². The molecule has 4 nitrogen and oxygen atoms in total. The van der Waals surface area contributed by atoms with Crippen molar-refractivity contribution in [1.29, 1.82) is 10.5 Å². The molecule has 0 heterocycles. The number of halogens is 2. The topological polar surface area (TPSA) is 81.7 Å². The van der Waals surface area contributed by atoms with Gasteiger partial charge in [0.2, 0.25) is 0 Å². The average molecular weight is 604 g/mol. The molecule has 27 heavy (non-hydrogen) atoms. The van der Waals surface area contributed by atoms with Gasteiger partial charge in [0.15, 0.2) is 9.84 Å². The molecule has 2 rings (SSSR count). The van der Waals surface area contributed by atoms with E-state index in [0.717, 1.165) is 18.3 Å². The maximum Gasteiger partial charge on any atom is 0.152 e. The zero-order chi connectivity index (χ0) is 19.9. The molecular formula is C20H18I2N2O2S. The van der Waals surface area contributed by atoms with Crippen molar-refractivity contribution >= 4 is 55.0 Å². The quantitative estimate of drug-likeness (QED) is 0.420. The van der Waals surface area contributed by atoms with Crippen LogP contribution < -0.4 is 0 Å². The molecule has 0 N–H and O–H groups in total. The van der Waals surface area contributed by atoms with Gasteiger partial charge in [0.25, 0.3) is 0 Å². The molecule has 0 saturated carbocycles. The standard InChI is InChI=1S/C20H18I2N2O2S/c21-19-5-1-3-15(9-19)7-17(11-23)13-27(25,26)14-18(12-24)8-16-4-2-6-20(22)10-16/h1-6,9-10,17-18H,7-8,13-14H2. The fourth-order valence-corrected chi connectivity index (χ4v) is 5.82. The number of sulfone groups is 1. The molecule has 140 valence electrons. The molecule has 0 aromatic heterocycles. The monoisotopic (exact) mass is 604 g/mol. The average Bonchev–Trinajstić information content (AvgIpc) is 2.60. The van der Waals surface area contributed by atoms with Crippen molar-refractivity contribution in [3.63, 3.8) is 0 Å². The largest absolute Gasteiger partial charge is 0.229 e. The van der Waals surface area contributed by atoms with Gasteiger partial charge in [-0.15, -0.1) is 0 Å². The molecule has 2 aromatic rings. The smallest absolute Gasteiger partial charge is 0.152 e. The third-order valence-electron chi connectivity index (χ3n) is 4.02. The lowest BCUT2D eigenvalue weighted by Crippen LogP contribution is -2.24. The van der Waals surface area contributed by atoms with Gasteiger partial charge in [0, 0.05) is 7.14 Å². The van der Waals surface area contributed by atoms with Gasteiger partial charge in [-0.1, -0.05) is 24.3 Å². The maximum atomic E-state index is 12.6. The molecular weight excluding hydrogens is 586 g/mol. The number of nitriles is 2. The van der Waals surface area contributed by atoms with Crippen molar-refractivity contribution in [1.82, 2.24) is 0 Å². The maximum absolute atomic E-state index is 12.6. The summed E-state index contributed by atoms with van der Waals surface area (Å²) in [5, 5.41) is 18.8. The van der Waals surface area contributed by atoms with E-state index in [1.807, 2.05) is 48.5 Å². The third kappa shape index (κ3) is 7.76. The summed E-state index contributed by atoms with van der Waals surface area (Å²) in [6, 6.07) is 19.6. The Kier molecular flexibility index (Phi) is 8.52. The second kappa shape index (κ2) is 10.4. The van der Waals surface area contributed by atoms with Crippen molar-refractivity contribution in [2.75, 3.05) is 11.5 Å². The Morgan fingerprint density at radius 1 is 0.815 bits per heavy atom. The second-order valence-electron chi connectivity index (χ2n) is 6.40. The minimum atomic E-state index is -3.51. The highest BCUT2D eigenvalue weighted by molar-refractivity contribution is 14.1. The van der Waals surface area contributed by atoms with E-state index >= 15 is 0 Å². The van der Waals surface area contributed by atoms with E-state index in [2.05, 4.69) is 57.3 Å². The molecule has 0 bridgehead atoms. The highest BCUT2D eigenvalue weighted by atomic mass is 127. The van der Waals surface area contributed by atoms with E-state index in [9.17, 15) is 18.9 Å². The first-order valence-corrected chi connectivity index (χ1v) is 12.3. The summed E-state index contributed by atoms with van der Waals surface area (Å²) >= 11 is 4.38. The van der Waals surface area contributed by atoms with Crippen LogP contribution in [0.1, 0.15) is 11.1 Å². The molecule has 0 spiro atoms. The van der Waals surface area contributed by atoms with Gasteiger partial charge < -0.3 is 0 Å². The van der Waals surface area contributed by atoms with E-state index < -0.39 is 21.7 Å². The van der Waals surface area contributed by atoms with Crippen molar-refractivity contribution in [2.24, 2.45) is 11.8 Å². The summed E-state index contributed by atoms with van der Waals surface area (Å²) in [5.41, 5.74) is 1.89. The van der Waals surface area contributed by atoms with Crippen molar-refractivity contribution in [3.05, 3.63) is 66.8 Å². The predicted molar refractivity (Wildman–Crippen MR) is 123 cm³/mol. The molecule has 0 aliphatic rings. The van der Waals surface area contributed by atoms with Crippen LogP contribution in [0.25, 0.3) is 0 Å². The molecule has 2 atom stereocenters. The fourth-order valence-electron chi connectivity index (χ4n) is 2.86. The van der Waals surface area contributed by atoms with E-state index in [-0.39, 0.29) is 11.5 Å². The summed E-state index contributed by atoms with van der Waals surface area (Å²) in [7, 11) is -3.51. The van der Waals surface area contributed by atoms with Crippen LogP contribution in [-0.2, 0) is 22.7 Å². The molecule has 0 aliphatic carbocycles. The van der Waals surface area contributed by atoms with Crippen LogP contribution in [0.3, 0.4) is 0 Å². The van der Waals surface area contributed by atoms with Gasteiger partial charge in [-0.3, -0.25) is 0 Å². The summed E-state index contributed by atoms with van der Waals surface area (Å²) in [6.07, 6.45) is 0.779. The molecule has 2 unspecified atom stereocenters. The van der Waals surface area contributed by atoms with Crippen LogP contribution in [0.15, 0.2) is 48.5 Å². The van der Waals surface area contributed by atoms with Crippen molar-refractivity contribution in [2.45, 2.75) is 12.8 Å². The Balaban J connectivity index is 2.03. The number of hydrogen-bond donors (Lipinski definition) is 0. The van der Waals surface area contributed by atoms with Crippen LogP contribution >= 0.6 is 45.2 Å². The highest BCUT2D eigenvalue weighted by Crippen LogP contribution is 2.18. The molecule has 0 fully saturated rings. The molecule has 0 amide bonds. The summed E-state index contributed by atoms with van der Waals surface area (Å²) in [5.74, 6) is -1.69. The van der Waals surface area contributed by atoms with Crippen LogP contribution in [-0.4, -0.2) is 19.9 Å². The first kappa shape index (κ1) is 22.1. The zero-order valence-electron chi connectivity index (χ0n) is 14.5. The van der Waals surface area contributed by atoms with Crippen LogP contribution in [0.4, 0.5) is 0 Å². The fraction of sp³-hybridized carbons (Fsp3) is 0.300. The third-order valence-corrected chi connectivity index (χ3v) is 7.18. The highest BCUT2D eigenvalue weighted by Gasteiger charge is 2.24. The van der Waals surface area contributed by atoms with E-state index in [0.29, 0.717) is 12.8 Å². The Hall–Kier alpha value is -1.17. The first-order valence-electron chi connectivity index (χ1n) is 8.30. The minimum absolute atomic E-state index is 0.223. The number of nitrogens with zero attached hydrogens (tertiary/aromatic N) is 2. The summed E-state index contributed by atoms with van der Waals surface area (Å²) in [6.45, 7) is 0. The van der Waals surface area contributed by atoms with Crippen LogP contribution in [0.5, 0.6) is 0 Å². The minimum Gasteiger partial charge on any atom is -0.229 e.